The molecule has 0 fully saturated rings. The van der Waals surface area contributed by atoms with E-state index in [0.29, 0.717) is 12.5 Å². The first-order chi connectivity index (χ1) is 7.17. The number of rotatable bonds is 8. The fraction of sp³-hybridized carbons (Fsp3) is 0.909. The van der Waals surface area contributed by atoms with E-state index in [1.807, 2.05) is 11.9 Å². The van der Waals surface area contributed by atoms with E-state index in [1.165, 1.54) is 0 Å². The number of nitrogens with one attached hydrogen (secondary N) is 1. The lowest BCUT2D eigenvalue weighted by atomic mass is 10.2. The first-order valence-corrected chi connectivity index (χ1v) is 7.02. The van der Waals surface area contributed by atoms with Gasteiger partial charge in [-0.2, -0.15) is 11.8 Å². The third-order valence-corrected chi connectivity index (χ3v) is 3.26. The number of hydrogen-bond acceptors (Lipinski definition) is 3. The van der Waals surface area contributed by atoms with Crippen molar-refractivity contribution in [3.8, 4) is 0 Å². The second kappa shape index (κ2) is 9.04. The van der Waals surface area contributed by atoms with Gasteiger partial charge in [-0.3, -0.25) is 4.79 Å². The zero-order valence-electron chi connectivity index (χ0n) is 10.4. The average molecular weight is 232 g/mol. The molecule has 4 heteroatoms. The van der Waals surface area contributed by atoms with Gasteiger partial charge in [0.1, 0.15) is 0 Å². The van der Waals surface area contributed by atoms with Crippen molar-refractivity contribution in [2.45, 2.75) is 32.7 Å². The molecule has 15 heavy (non-hydrogen) atoms. The molecule has 0 saturated heterocycles. The smallest absolute Gasteiger partial charge is 0.223 e. The Morgan fingerprint density at radius 1 is 1.47 bits per heavy atom. The van der Waals surface area contributed by atoms with Crippen molar-refractivity contribution >= 4 is 17.7 Å². The summed E-state index contributed by atoms with van der Waals surface area (Å²) in [5, 5.41) is 3.17. The Kier molecular flexibility index (Phi) is 8.91. The van der Waals surface area contributed by atoms with Gasteiger partial charge >= 0.3 is 0 Å². The summed E-state index contributed by atoms with van der Waals surface area (Å²) < 4.78 is 0. The number of amides is 1. The summed E-state index contributed by atoms with van der Waals surface area (Å²) in [6, 6.07) is 0.383. The van der Waals surface area contributed by atoms with Crippen molar-refractivity contribution in [1.82, 2.24) is 10.2 Å². The molecule has 0 aromatic rings. The van der Waals surface area contributed by atoms with Gasteiger partial charge in [-0.05, 0) is 19.2 Å². The van der Waals surface area contributed by atoms with Crippen molar-refractivity contribution in [1.29, 1.82) is 0 Å². The van der Waals surface area contributed by atoms with Gasteiger partial charge in [0.05, 0.1) is 0 Å². The lowest BCUT2D eigenvalue weighted by Crippen LogP contribution is -2.39. The Morgan fingerprint density at radius 3 is 2.60 bits per heavy atom. The SMILES string of the molecule is CCNCCC(=O)N(C)C(CC)CSC. The molecule has 1 amide bonds. The molecule has 0 aliphatic carbocycles. The molecule has 0 spiro atoms. The first-order valence-electron chi connectivity index (χ1n) is 5.62. The molecule has 0 aliphatic heterocycles. The zero-order chi connectivity index (χ0) is 11.7. The van der Waals surface area contributed by atoms with E-state index in [1.54, 1.807) is 11.8 Å². The topological polar surface area (TPSA) is 32.3 Å². The highest BCUT2D eigenvalue weighted by atomic mass is 32.2. The molecule has 0 aromatic heterocycles. The van der Waals surface area contributed by atoms with Gasteiger partial charge in [-0.25, -0.2) is 0 Å². The number of thioether (sulfide) groups is 1. The van der Waals surface area contributed by atoms with Crippen LogP contribution in [0.5, 0.6) is 0 Å². The minimum absolute atomic E-state index is 0.247. The zero-order valence-corrected chi connectivity index (χ0v) is 11.2. The van der Waals surface area contributed by atoms with E-state index in [4.69, 9.17) is 0 Å². The van der Waals surface area contributed by atoms with E-state index in [0.717, 1.165) is 25.3 Å². The molecule has 3 nitrogen and oxygen atoms in total. The Balaban J connectivity index is 3.92. The number of carbonyl (C=O) groups is 1. The molecular formula is C11H24N2OS. The predicted molar refractivity (Wildman–Crippen MR) is 68.4 cm³/mol. The quantitative estimate of drug-likeness (QED) is 0.645. The van der Waals surface area contributed by atoms with Gasteiger partial charge in [0.15, 0.2) is 0 Å². The maximum Gasteiger partial charge on any atom is 0.223 e. The number of hydrogen-bond donors (Lipinski definition) is 1. The van der Waals surface area contributed by atoms with Crippen LogP contribution in [0.25, 0.3) is 0 Å². The molecule has 90 valence electrons. The first kappa shape index (κ1) is 14.8. The summed E-state index contributed by atoms with van der Waals surface area (Å²) in [4.78, 5) is 13.7. The minimum Gasteiger partial charge on any atom is -0.342 e. The second-order valence-corrected chi connectivity index (χ2v) is 4.54. The summed E-state index contributed by atoms with van der Waals surface area (Å²) in [6.07, 6.45) is 3.72. The Labute approximate surface area is 98.0 Å². The second-order valence-electron chi connectivity index (χ2n) is 3.63. The largest absolute Gasteiger partial charge is 0.342 e. The fourth-order valence-electron chi connectivity index (χ4n) is 1.45. The summed E-state index contributed by atoms with van der Waals surface area (Å²) in [6.45, 7) is 5.90. The van der Waals surface area contributed by atoms with Crippen LogP contribution in [0.3, 0.4) is 0 Å². The molecule has 1 unspecified atom stereocenters. The summed E-state index contributed by atoms with van der Waals surface area (Å²) in [5.74, 6) is 1.27. The highest BCUT2D eigenvalue weighted by Crippen LogP contribution is 2.09. The fourth-order valence-corrected chi connectivity index (χ4v) is 2.29. The van der Waals surface area contributed by atoms with Crippen LogP contribution in [0.2, 0.25) is 0 Å². The van der Waals surface area contributed by atoms with E-state index in [2.05, 4.69) is 25.4 Å². The molecule has 0 bridgehead atoms. The summed E-state index contributed by atoms with van der Waals surface area (Å²) in [5.41, 5.74) is 0. The van der Waals surface area contributed by atoms with Crippen LogP contribution in [0.4, 0.5) is 0 Å². The van der Waals surface area contributed by atoms with E-state index < -0.39 is 0 Å². The molecule has 1 atom stereocenters. The molecule has 0 rings (SSSR count). The lowest BCUT2D eigenvalue weighted by Gasteiger charge is -2.26. The summed E-state index contributed by atoms with van der Waals surface area (Å²) in [7, 11) is 1.92. The van der Waals surface area contributed by atoms with Crippen LogP contribution in [0, 0.1) is 0 Å². The van der Waals surface area contributed by atoms with Crippen LogP contribution < -0.4 is 5.32 Å². The maximum absolute atomic E-state index is 11.8. The average Bonchev–Trinajstić information content (AvgIpc) is 2.25. The standard InChI is InChI=1S/C11H24N2OS/c1-5-10(9-15-4)13(3)11(14)7-8-12-6-2/h10,12H,5-9H2,1-4H3. The Morgan fingerprint density at radius 2 is 2.13 bits per heavy atom. The van der Waals surface area contributed by atoms with Gasteiger partial charge in [0.2, 0.25) is 5.91 Å². The van der Waals surface area contributed by atoms with Gasteiger partial charge in [0.25, 0.3) is 0 Å². The highest BCUT2D eigenvalue weighted by molar-refractivity contribution is 7.98. The van der Waals surface area contributed by atoms with Crippen LogP contribution in [-0.4, -0.2) is 49.0 Å². The minimum atomic E-state index is 0.247. The lowest BCUT2D eigenvalue weighted by molar-refractivity contribution is -0.131. The molecule has 0 aromatic carbocycles. The van der Waals surface area contributed by atoms with Crippen LogP contribution >= 0.6 is 11.8 Å². The molecule has 0 aliphatic rings. The molecular weight excluding hydrogens is 208 g/mol. The van der Waals surface area contributed by atoms with Crippen LogP contribution in [0.1, 0.15) is 26.7 Å². The summed E-state index contributed by atoms with van der Waals surface area (Å²) >= 11 is 1.80. The number of nitrogens with zero attached hydrogens (tertiary/aromatic N) is 1. The van der Waals surface area contributed by atoms with Gasteiger partial charge in [-0.15, -0.1) is 0 Å². The van der Waals surface area contributed by atoms with E-state index in [9.17, 15) is 4.79 Å². The highest BCUT2D eigenvalue weighted by Gasteiger charge is 2.16. The molecule has 0 saturated carbocycles. The van der Waals surface area contributed by atoms with E-state index >= 15 is 0 Å². The maximum atomic E-state index is 11.8. The molecule has 0 heterocycles. The Hall–Kier alpha value is -0.220. The van der Waals surface area contributed by atoms with E-state index in [-0.39, 0.29) is 5.91 Å². The van der Waals surface area contributed by atoms with Crippen LogP contribution in [0.15, 0.2) is 0 Å². The predicted octanol–water partition coefficient (Wildman–Crippen LogP) is 1.59. The van der Waals surface area contributed by atoms with Crippen molar-refractivity contribution in [3.05, 3.63) is 0 Å². The van der Waals surface area contributed by atoms with Gasteiger partial charge in [-0.1, -0.05) is 13.8 Å². The number of carbonyl (C=O) groups excluding carboxylic acids is 1. The van der Waals surface area contributed by atoms with Gasteiger partial charge < -0.3 is 10.2 Å². The van der Waals surface area contributed by atoms with Crippen molar-refractivity contribution < 1.29 is 4.79 Å². The normalized spacial score (nSPS) is 12.5. The Bertz CT molecular complexity index is 176. The third-order valence-electron chi connectivity index (χ3n) is 2.54. The monoisotopic (exact) mass is 232 g/mol. The van der Waals surface area contributed by atoms with Crippen LogP contribution in [-0.2, 0) is 4.79 Å². The van der Waals surface area contributed by atoms with Gasteiger partial charge in [0, 0.05) is 31.8 Å². The molecule has 0 radical (unpaired) electrons. The van der Waals surface area contributed by atoms with Crippen molar-refractivity contribution in [3.63, 3.8) is 0 Å². The van der Waals surface area contributed by atoms with Crippen molar-refractivity contribution in [2.75, 3.05) is 32.1 Å². The van der Waals surface area contributed by atoms with Crippen molar-refractivity contribution in [2.24, 2.45) is 0 Å². The third kappa shape index (κ3) is 6.05. The molecule has 1 N–H and O–H groups in total.